The highest BCUT2D eigenvalue weighted by molar-refractivity contribution is 7.13. The fourth-order valence-corrected chi connectivity index (χ4v) is 4.16. The van der Waals surface area contributed by atoms with Crippen LogP contribution in [-0.4, -0.2) is 22.4 Å². The first-order chi connectivity index (χ1) is 14.0. The Morgan fingerprint density at radius 2 is 1.86 bits per heavy atom. The van der Waals surface area contributed by atoms with Gasteiger partial charge in [-0.15, -0.1) is 11.3 Å². The van der Waals surface area contributed by atoms with Crippen LogP contribution in [0.2, 0.25) is 0 Å². The molecule has 4 N–H and O–H groups in total. The first-order valence-electron chi connectivity index (χ1n) is 9.88. The molecule has 152 valence electrons. The van der Waals surface area contributed by atoms with Crippen molar-refractivity contribution in [1.29, 1.82) is 0 Å². The van der Waals surface area contributed by atoms with Gasteiger partial charge in [-0.2, -0.15) is 4.99 Å². The molecular weight excluding hydrogens is 382 g/mol. The van der Waals surface area contributed by atoms with E-state index in [9.17, 15) is 4.79 Å². The van der Waals surface area contributed by atoms with Crippen molar-refractivity contribution in [3.8, 4) is 0 Å². The van der Waals surface area contributed by atoms with Crippen LogP contribution in [0, 0.1) is 0 Å². The van der Waals surface area contributed by atoms with Gasteiger partial charge in [-0.05, 0) is 51.0 Å². The number of carbonyl (C=O) groups excluding carboxylic acids is 1. The molecule has 0 bridgehead atoms. The lowest BCUT2D eigenvalue weighted by Crippen LogP contribution is -2.21. The number of hydrogen-bond donors (Lipinski definition) is 2. The summed E-state index contributed by atoms with van der Waals surface area (Å²) in [7, 11) is 0. The molecule has 7 heteroatoms. The highest BCUT2D eigenvalue weighted by Crippen LogP contribution is 2.24. The van der Waals surface area contributed by atoms with Crippen LogP contribution >= 0.6 is 11.3 Å². The number of guanidine groups is 1. The second-order valence-electron chi connectivity index (χ2n) is 7.19. The standard InChI is InChI=1S/C22H27N5OS/c1-15-19(12-11-16-7-3-2-4-8-16)20(28)13-17(25-15)9-5-6-10-18-14-29-22(26-18)27-21(23)24/h2-4,7-8,14H,5-6,9-13H2,1H3,(H4,23,24,26,27). The second kappa shape index (κ2) is 10.1. The average molecular weight is 410 g/mol. The lowest BCUT2D eigenvalue weighted by Gasteiger charge is -2.16. The number of aryl methyl sites for hydroxylation is 2. The van der Waals surface area contributed by atoms with Gasteiger partial charge in [0.1, 0.15) is 0 Å². The maximum Gasteiger partial charge on any atom is 0.212 e. The number of nitrogens with zero attached hydrogens (tertiary/aromatic N) is 3. The van der Waals surface area contributed by atoms with E-state index in [2.05, 4.69) is 22.1 Å². The van der Waals surface area contributed by atoms with Gasteiger partial charge in [0.25, 0.3) is 0 Å². The Morgan fingerprint density at radius 1 is 1.10 bits per heavy atom. The lowest BCUT2D eigenvalue weighted by atomic mass is 9.93. The Balaban J connectivity index is 1.47. The molecule has 2 heterocycles. The molecule has 0 unspecified atom stereocenters. The number of benzene rings is 1. The van der Waals surface area contributed by atoms with Crippen molar-refractivity contribution in [1.82, 2.24) is 4.98 Å². The quantitative estimate of drug-likeness (QED) is 0.370. The Morgan fingerprint density at radius 3 is 2.59 bits per heavy atom. The molecule has 6 nitrogen and oxygen atoms in total. The molecule has 0 amide bonds. The first-order valence-corrected chi connectivity index (χ1v) is 10.8. The minimum absolute atomic E-state index is 0.0254. The molecule has 0 saturated carbocycles. The van der Waals surface area contributed by atoms with Gasteiger partial charge >= 0.3 is 0 Å². The zero-order valence-electron chi connectivity index (χ0n) is 16.7. The van der Waals surface area contributed by atoms with E-state index in [-0.39, 0.29) is 11.7 Å². The summed E-state index contributed by atoms with van der Waals surface area (Å²) in [6.45, 7) is 1.96. The first kappa shape index (κ1) is 20.9. The number of thiazole rings is 1. The summed E-state index contributed by atoms with van der Waals surface area (Å²) in [6, 6.07) is 10.3. The molecule has 1 aromatic heterocycles. The maximum absolute atomic E-state index is 12.6. The smallest absolute Gasteiger partial charge is 0.212 e. The van der Waals surface area contributed by atoms with Crippen LogP contribution in [0.15, 0.2) is 57.0 Å². The van der Waals surface area contributed by atoms with Crippen molar-refractivity contribution >= 4 is 33.9 Å². The molecule has 0 radical (unpaired) electrons. The third-order valence-corrected chi connectivity index (χ3v) is 5.67. The highest BCUT2D eigenvalue weighted by atomic mass is 32.1. The van der Waals surface area contributed by atoms with Crippen LogP contribution < -0.4 is 11.5 Å². The van der Waals surface area contributed by atoms with Crippen LogP contribution in [0.3, 0.4) is 0 Å². The normalized spacial score (nSPS) is 14.1. The number of rotatable bonds is 9. The van der Waals surface area contributed by atoms with E-state index in [1.807, 2.05) is 30.5 Å². The summed E-state index contributed by atoms with van der Waals surface area (Å²) < 4.78 is 0. The van der Waals surface area contributed by atoms with Crippen molar-refractivity contribution in [3.63, 3.8) is 0 Å². The molecule has 0 aliphatic carbocycles. The molecule has 0 spiro atoms. The van der Waals surface area contributed by atoms with Gasteiger partial charge in [0.05, 0.1) is 5.69 Å². The third-order valence-electron chi connectivity index (χ3n) is 4.88. The number of allylic oxidation sites excluding steroid dienone is 2. The number of ketones is 1. The van der Waals surface area contributed by atoms with Crippen molar-refractivity contribution in [2.24, 2.45) is 21.5 Å². The predicted octanol–water partition coefficient (Wildman–Crippen LogP) is 4.08. The third kappa shape index (κ3) is 6.35. The molecule has 3 rings (SSSR count). The summed E-state index contributed by atoms with van der Waals surface area (Å²) in [5, 5.41) is 2.57. The minimum Gasteiger partial charge on any atom is -0.370 e. The number of carbonyl (C=O) groups is 1. The summed E-state index contributed by atoms with van der Waals surface area (Å²) in [5.41, 5.74) is 15.7. The number of aromatic nitrogens is 1. The van der Waals surface area contributed by atoms with Gasteiger partial charge in [-0.1, -0.05) is 30.3 Å². The maximum atomic E-state index is 12.6. The molecule has 2 aromatic rings. The zero-order chi connectivity index (χ0) is 20.6. The topological polar surface area (TPSA) is 107 Å². The van der Waals surface area contributed by atoms with Gasteiger partial charge in [0.15, 0.2) is 11.7 Å². The van der Waals surface area contributed by atoms with Gasteiger partial charge in [0.2, 0.25) is 5.13 Å². The van der Waals surface area contributed by atoms with E-state index in [1.54, 1.807) is 0 Å². The summed E-state index contributed by atoms with van der Waals surface area (Å²) in [4.78, 5) is 25.7. The molecule has 1 aliphatic heterocycles. The van der Waals surface area contributed by atoms with E-state index < -0.39 is 0 Å². The van der Waals surface area contributed by atoms with Crippen LogP contribution in [-0.2, 0) is 17.6 Å². The van der Waals surface area contributed by atoms with E-state index in [0.717, 1.165) is 61.2 Å². The number of Topliss-reactive ketones (excluding diaryl/α,β-unsaturated/α-hetero) is 1. The Labute approximate surface area is 175 Å². The van der Waals surface area contributed by atoms with Gasteiger partial charge < -0.3 is 11.5 Å². The number of nitrogens with two attached hydrogens (primary N) is 2. The molecular formula is C22H27N5OS. The molecule has 0 atom stereocenters. The average Bonchev–Trinajstić information content (AvgIpc) is 3.12. The SMILES string of the molecule is CC1=C(CCc2ccccc2)C(=O)CC(CCCCc2csc(N=C(N)N)n2)=N1. The number of unbranched alkanes of at least 4 members (excludes halogenated alkanes) is 1. The second-order valence-corrected chi connectivity index (χ2v) is 8.03. The van der Waals surface area contributed by atoms with E-state index in [4.69, 9.17) is 16.5 Å². The monoisotopic (exact) mass is 409 g/mol. The van der Waals surface area contributed by atoms with Gasteiger partial charge in [-0.3, -0.25) is 9.79 Å². The fourth-order valence-electron chi connectivity index (χ4n) is 3.42. The predicted molar refractivity (Wildman–Crippen MR) is 120 cm³/mol. The van der Waals surface area contributed by atoms with Gasteiger partial charge in [-0.25, -0.2) is 4.98 Å². The lowest BCUT2D eigenvalue weighted by molar-refractivity contribution is -0.114. The summed E-state index contributed by atoms with van der Waals surface area (Å²) in [5.74, 6) is 0.252. The van der Waals surface area contributed by atoms with Crippen molar-refractivity contribution in [2.75, 3.05) is 0 Å². The fraction of sp³-hybridized carbons (Fsp3) is 0.364. The molecule has 1 aliphatic rings. The molecule has 1 aromatic carbocycles. The number of hydrogen-bond acceptors (Lipinski definition) is 5. The Bertz CT molecular complexity index is 939. The Kier molecular flexibility index (Phi) is 7.30. The van der Waals surface area contributed by atoms with Crippen molar-refractivity contribution in [2.45, 2.75) is 51.9 Å². The van der Waals surface area contributed by atoms with Crippen molar-refractivity contribution < 1.29 is 4.79 Å². The summed E-state index contributed by atoms with van der Waals surface area (Å²) in [6.07, 6.45) is 5.77. The highest BCUT2D eigenvalue weighted by Gasteiger charge is 2.20. The van der Waals surface area contributed by atoms with Crippen LogP contribution in [0.5, 0.6) is 0 Å². The van der Waals surface area contributed by atoms with E-state index >= 15 is 0 Å². The van der Waals surface area contributed by atoms with E-state index in [0.29, 0.717) is 11.6 Å². The van der Waals surface area contributed by atoms with Gasteiger partial charge in [0, 0.05) is 28.8 Å². The largest absolute Gasteiger partial charge is 0.370 e. The molecule has 0 fully saturated rings. The summed E-state index contributed by atoms with van der Waals surface area (Å²) >= 11 is 1.43. The van der Waals surface area contributed by atoms with Crippen LogP contribution in [0.4, 0.5) is 5.13 Å². The molecule has 0 saturated heterocycles. The van der Waals surface area contributed by atoms with Crippen LogP contribution in [0.25, 0.3) is 0 Å². The molecule has 29 heavy (non-hydrogen) atoms. The van der Waals surface area contributed by atoms with E-state index in [1.165, 1.54) is 16.9 Å². The minimum atomic E-state index is 0.0254. The Hall–Kier alpha value is -2.80. The van der Waals surface area contributed by atoms with Crippen molar-refractivity contribution in [3.05, 3.63) is 58.2 Å². The number of aliphatic imine (C=N–C) groups is 2. The zero-order valence-corrected chi connectivity index (χ0v) is 17.5. The van der Waals surface area contributed by atoms with Crippen LogP contribution in [0.1, 0.15) is 50.3 Å².